The Kier molecular flexibility index (Phi) is 4.23. The Labute approximate surface area is 111 Å². The molecule has 2 aromatic rings. The van der Waals surface area contributed by atoms with Crippen LogP contribution in [0.2, 0.25) is 0 Å². The van der Waals surface area contributed by atoms with Crippen LogP contribution in [-0.2, 0) is 0 Å². The van der Waals surface area contributed by atoms with Crippen molar-refractivity contribution in [2.75, 3.05) is 7.11 Å². The second-order valence-electron chi connectivity index (χ2n) is 3.85. The van der Waals surface area contributed by atoms with Crippen LogP contribution >= 0.6 is 11.8 Å². The van der Waals surface area contributed by atoms with Gasteiger partial charge in [-0.1, -0.05) is 23.9 Å². The molecule has 0 saturated heterocycles. The first-order valence-corrected chi connectivity index (χ1v) is 6.47. The summed E-state index contributed by atoms with van der Waals surface area (Å²) in [6.45, 7) is 1.70. The van der Waals surface area contributed by atoms with Gasteiger partial charge >= 0.3 is 0 Å². The summed E-state index contributed by atoms with van der Waals surface area (Å²) in [5, 5.41) is 9.40. The SMILES string of the molecule is COc1ccccc1Sc1ccc([C@@H](C)O)nc1. The van der Waals surface area contributed by atoms with Crippen molar-refractivity contribution in [1.82, 2.24) is 4.98 Å². The van der Waals surface area contributed by atoms with E-state index in [-0.39, 0.29) is 0 Å². The van der Waals surface area contributed by atoms with Crippen LogP contribution in [0.25, 0.3) is 0 Å². The minimum atomic E-state index is -0.532. The van der Waals surface area contributed by atoms with Gasteiger partial charge < -0.3 is 9.84 Å². The molecule has 0 amide bonds. The van der Waals surface area contributed by atoms with E-state index in [0.29, 0.717) is 5.69 Å². The molecule has 0 unspecified atom stereocenters. The second-order valence-corrected chi connectivity index (χ2v) is 4.96. The van der Waals surface area contributed by atoms with Gasteiger partial charge in [0, 0.05) is 11.1 Å². The van der Waals surface area contributed by atoms with Gasteiger partial charge in [0.15, 0.2) is 0 Å². The third kappa shape index (κ3) is 3.03. The zero-order chi connectivity index (χ0) is 13.0. The van der Waals surface area contributed by atoms with Gasteiger partial charge in [0.2, 0.25) is 0 Å². The number of rotatable bonds is 4. The van der Waals surface area contributed by atoms with E-state index in [2.05, 4.69) is 4.98 Å². The van der Waals surface area contributed by atoms with Crippen LogP contribution in [0.3, 0.4) is 0 Å². The minimum absolute atomic E-state index is 0.532. The first kappa shape index (κ1) is 12.9. The van der Waals surface area contributed by atoms with E-state index in [4.69, 9.17) is 4.74 Å². The lowest BCUT2D eigenvalue weighted by molar-refractivity contribution is 0.194. The fraction of sp³-hybridized carbons (Fsp3) is 0.214. The summed E-state index contributed by atoms with van der Waals surface area (Å²) in [7, 11) is 1.66. The van der Waals surface area contributed by atoms with Crippen molar-refractivity contribution in [2.24, 2.45) is 0 Å². The number of benzene rings is 1. The summed E-state index contributed by atoms with van der Waals surface area (Å²) in [6.07, 6.45) is 1.23. The van der Waals surface area contributed by atoms with Crippen molar-refractivity contribution in [2.45, 2.75) is 22.8 Å². The highest BCUT2D eigenvalue weighted by Gasteiger charge is 2.06. The van der Waals surface area contributed by atoms with Gasteiger partial charge in [-0.2, -0.15) is 0 Å². The van der Waals surface area contributed by atoms with Crippen LogP contribution in [0.4, 0.5) is 0 Å². The number of ether oxygens (including phenoxy) is 1. The maximum atomic E-state index is 9.40. The summed E-state index contributed by atoms with van der Waals surface area (Å²) >= 11 is 1.59. The van der Waals surface area contributed by atoms with E-state index in [1.54, 1.807) is 32.0 Å². The Hall–Kier alpha value is -1.52. The molecule has 1 aromatic heterocycles. The highest BCUT2D eigenvalue weighted by Crippen LogP contribution is 2.34. The molecule has 2 rings (SSSR count). The Morgan fingerprint density at radius 2 is 2.00 bits per heavy atom. The van der Waals surface area contributed by atoms with Gasteiger partial charge in [0.25, 0.3) is 0 Å². The zero-order valence-corrected chi connectivity index (χ0v) is 11.1. The molecule has 0 bridgehead atoms. The van der Waals surface area contributed by atoms with Crippen LogP contribution in [0.15, 0.2) is 52.4 Å². The highest BCUT2D eigenvalue weighted by molar-refractivity contribution is 7.99. The Morgan fingerprint density at radius 1 is 1.22 bits per heavy atom. The van der Waals surface area contributed by atoms with Gasteiger partial charge in [0.1, 0.15) is 5.75 Å². The van der Waals surface area contributed by atoms with Gasteiger partial charge in [-0.3, -0.25) is 4.98 Å². The van der Waals surface area contributed by atoms with Crippen LogP contribution < -0.4 is 4.74 Å². The topological polar surface area (TPSA) is 42.4 Å². The molecule has 0 aliphatic heterocycles. The third-order valence-corrected chi connectivity index (χ3v) is 3.52. The third-order valence-electron chi connectivity index (χ3n) is 2.48. The zero-order valence-electron chi connectivity index (χ0n) is 10.3. The number of hydrogen-bond donors (Lipinski definition) is 1. The minimum Gasteiger partial charge on any atom is -0.496 e. The van der Waals surface area contributed by atoms with Crippen molar-refractivity contribution in [3.8, 4) is 5.75 Å². The van der Waals surface area contributed by atoms with Crippen molar-refractivity contribution in [3.63, 3.8) is 0 Å². The molecular weight excluding hydrogens is 246 g/mol. The molecule has 1 aromatic carbocycles. The molecule has 4 heteroatoms. The maximum Gasteiger partial charge on any atom is 0.132 e. The fourth-order valence-corrected chi connectivity index (χ4v) is 2.42. The van der Waals surface area contributed by atoms with Crippen LogP contribution in [0.1, 0.15) is 18.7 Å². The number of hydrogen-bond acceptors (Lipinski definition) is 4. The summed E-state index contributed by atoms with van der Waals surface area (Å²) < 4.78 is 5.30. The Morgan fingerprint density at radius 3 is 2.61 bits per heavy atom. The normalized spacial score (nSPS) is 12.2. The first-order valence-electron chi connectivity index (χ1n) is 5.65. The molecule has 0 aliphatic carbocycles. The van der Waals surface area contributed by atoms with Crippen molar-refractivity contribution >= 4 is 11.8 Å². The van der Waals surface area contributed by atoms with Gasteiger partial charge in [-0.05, 0) is 31.2 Å². The molecule has 1 N–H and O–H groups in total. The van der Waals surface area contributed by atoms with E-state index < -0.39 is 6.10 Å². The molecule has 1 atom stereocenters. The van der Waals surface area contributed by atoms with E-state index in [9.17, 15) is 5.11 Å². The van der Waals surface area contributed by atoms with Gasteiger partial charge in [-0.25, -0.2) is 0 Å². The summed E-state index contributed by atoms with van der Waals surface area (Å²) in [6, 6.07) is 11.6. The van der Waals surface area contributed by atoms with Crippen LogP contribution in [0.5, 0.6) is 5.75 Å². The molecule has 0 saturated carbocycles. The average molecular weight is 261 g/mol. The Balaban J connectivity index is 2.18. The predicted octanol–water partition coefficient (Wildman–Crippen LogP) is 3.29. The molecule has 94 valence electrons. The molecular formula is C14H15NO2S. The lowest BCUT2D eigenvalue weighted by atomic mass is 10.2. The van der Waals surface area contributed by atoms with E-state index in [1.165, 1.54) is 0 Å². The molecule has 0 spiro atoms. The number of pyridine rings is 1. The predicted molar refractivity (Wildman–Crippen MR) is 72.0 cm³/mol. The number of methoxy groups -OCH3 is 1. The van der Waals surface area contributed by atoms with E-state index in [1.807, 2.05) is 36.4 Å². The van der Waals surface area contributed by atoms with Gasteiger partial charge in [0.05, 0.1) is 23.8 Å². The van der Waals surface area contributed by atoms with Crippen molar-refractivity contribution in [1.29, 1.82) is 0 Å². The monoisotopic (exact) mass is 261 g/mol. The summed E-state index contributed by atoms with van der Waals surface area (Å²) in [4.78, 5) is 6.28. The quantitative estimate of drug-likeness (QED) is 0.917. The standard InChI is InChI=1S/C14H15NO2S/c1-10(16)12-8-7-11(9-15-12)18-14-6-4-3-5-13(14)17-2/h3-10,16H,1-2H3/t10-/m1/s1. The molecule has 0 radical (unpaired) electrons. The van der Waals surface area contributed by atoms with Crippen LogP contribution in [-0.4, -0.2) is 17.2 Å². The number of aliphatic hydroxyl groups excluding tert-OH is 1. The molecule has 0 fully saturated rings. The molecule has 0 aliphatic rings. The smallest absolute Gasteiger partial charge is 0.132 e. The number of nitrogens with zero attached hydrogens (tertiary/aromatic N) is 1. The maximum absolute atomic E-state index is 9.40. The fourth-order valence-electron chi connectivity index (χ4n) is 1.53. The van der Waals surface area contributed by atoms with E-state index >= 15 is 0 Å². The highest BCUT2D eigenvalue weighted by atomic mass is 32.2. The first-order chi connectivity index (χ1) is 8.70. The lowest BCUT2D eigenvalue weighted by Crippen LogP contribution is -1.94. The van der Waals surface area contributed by atoms with Gasteiger partial charge in [-0.15, -0.1) is 0 Å². The van der Waals surface area contributed by atoms with Crippen LogP contribution in [0, 0.1) is 0 Å². The Bertz CT molecular complexity index is 511. The lowest BCUT2D eigenvalue weighted by Gasteiger charge is -2.08. The second kappa shape index (κ2) is 5.89. The molecule has 3 nitrogen and oxygen atoms in total. The number of aliphatic hydroxyl groups is 1. The van der Waals surface area contributed by atoms with Crippen molar-refractivity contribution < 1.29 is 9.84 Å². The van der Waals surface area contributed by atoms with E-state index in [0.717, 1.165) is 15.5 Å². The molecule has 18 heavy (non-hydrogen) atoms. The molecule has 1 heterocycles. The largest absolute Gasteiger partial charge is 0.496 e. The summed E-state index contributed by atoms with van der Waals surface area (Å²) in [5.41, 5.74) is 0.680. The number of aromatic nitrogens is 1. The number of para-hydroxylation sites is 1. The van der Waals surface area contributed by atoms with Crippen molar-refractivity contribution in [3.05, 3.63) is 48.3 Å². The average Bonchev–Trinajstić information content (AvgIpc) is 2.40. The summed E-state index contributed by atoms with van der Waals surface area (Å²) in [5.74, 6) is 0.849.